The van der Waals surface area contributed by atoms with Gasteiger partial charge in [-0.15, -0.1) is 0 Å². The topological polar surface area (TPSA) is 69.7 Å². The van der Waals surface area contributed by atoms with Gasteiger partial charge in [0.1, 0.15) is 0 Å². The molecule has 1 fully saturated rings. The van der Waals surface area contributed by atoms with Gasteiger partial charge in [0.25, 0.3) is 0 Å². The maximum Gasteiger partial charge on any atom is 0.243 e. The number of hydrogen-bond acceptors (Lipinski definition) is 4. The summed E-state index contributed by atoms with van der Waals surface area (Å²) in [6.07, 6.45) is 0. The first kappa shape index (κ1) is 22.7. The average molecular weight is 450 g/mol. The van der Waals surface area contributed by atoms with E-state index in [1.54, 1.807) is 12.1 Å². The van der Waals surface area contributed by atoms with Gasteiger partial charge in [0.15, 0.2) is 0 Å². The van der Waals surface area contributed by atoms with E-state index in [-0.39, 0.29) is 22.8 Å². The molecule has 3 rings (SSSR count). The molecule has 1 aliphatic rings. The summed E-state index contributed by atoms with van der Waals surface area (Å²) in [5.74, 6) is 0.190. The molecular formula is C22H28ClN3O3S. The minimum atomic E-state index is -3.55. The quantitative estimate of drug-likeness (QED) is 0.705. The zero-order valence-electron chi connectivity index (χ0n) is 17.3. The fourth-order valence-electron chi connectivity index (χ4n) is 3.55. The molecule has 1 amide bonds. The predicted molar refractivity (Wildman–Crippen MR) is 119 cm³/mol. The van der Waals surface area contributed by atoms with E-state index in [0.717, 1.165) is 0 Å². The van der Waals surface area contributed by atoms with E-state index in [1.165, 1.54) is 22.0 Å². The van der Waals surface area contributed by atoms with Crippen LogP contribution in [0.5, 0.6) is 0 Å². The van der Waals surface area contributed by atoms with Crippen LogP contribution in [0.4, 0.5) is 0 Å². The molecule has 0 radical (unpaired) electrons. The molecule has 162 valence electrons. The van der Waals surface area contributed by atoms with Gasteiger partial charge in [0, 0.05) is 37.7 Å². The highest BCUT2D eigenvalue weighted by Crippen LogP contribution is 2.20. The SMILES string of the molecule is CC(CNC(=O)C(C)N1CCN(S(=O)(=O)c2ccc(Cl)cc2)CC1)c1ccccc1. The van der Waals surface area contributed by atoms with Crippen molar-refractivity contribution in [3.05, 3.63) is 65.2 Å². The zero-order chi connectivity index (χ0) is 21.7. The monoisotopic (exact) mass is 449 g/mol. The van der Waals surface area contributed by atoms with E-state index in [9.17, 15) is 13.2 Å². The number of benzene rings is 2. The highest BCUT2D eigenvalue weighted by atomic mass is 35.5. The smallest absolute Gasteiger partial charge is 0.243 e. The minimum absolute atomic E-state index is 0.0354. The summed E-state index contributed by atoms with van der Waals surface area (Å²) in [5, 5.41) is 3.53. The number of halogens is 1. The fraction of sp³-hybridized carbons (Fsp3) is 0.409. The maximum absolute atomic E-state index is 12.8. The molecule has 0 saturated carbocycles. The lowest BCUT2D eigenvalue weighted by Gasteiger charge is -2.36. The number of hydrogen-bond donors (Lipinski definition) is 1. The Balaban J connectivity index is 1.51. The second kappa shape index (κ2) is 9.92. The van der Waals surface area contributed by atoms with Crippen LogP contribution < -0.4 is 5.32 Å². The molecule has 1 N–H and O–H groups in total. The Morgan fingerprint density at radius 1 is 1.00 bits per heavy atom. The third kappa shape index (κ3) is 5.40. The molecular weight excluding hydrogens is 422 g/mol. The van der Waals surface area contributed by atoms with Crippen LogP contribution in [0.1, 0.15) is 25.3 Å². The Hall–Kier alpha value is -1.93. The molecule has 1 aliphatic heterocycles. The van der Waals surface area contributed by atoms with Gasteiger partial charge in [-0.1, -0.05) is 48.9 Å². The Labute approximate surface area is 183 Å². The Kier molecular flexibility index (Phi) is 7.52. The molecule has 6 nitrogen and oxygen atoms in total. The summed E-state index contributed by atoms with van der Waals surface area (Å²) in [6.45, 7) is 6.24. The molecule has 0 bridgehead atoms. The molecule has 2 unspecified atom stereocenters. The van der Waals surface area contributed by atoms with Gasteiger partial charge in [0.05, 0.1) is 10.9 Å². The van der Waals surface area contributed by atoms with Crippen LogP contribution in [-0.2, 0) is 14.8 Å². The lowest BCUT2D eigenvalue weighted by atomic mass is 10.0. The maximum atomic E-state index is 12.8. The summed E-state index contributed by atoms with van der Waals surface area (Å²) in [4.78, 5) is 14.9. The summed E-state index contributed by atoms with van der Waals surface area (Å²) in [6, 6.07) is 16.0. The van der Waals surface area contributed by atoms with Crippen LogP contribution in [0.2, 0.25) is 5.02 Å². The van der Waals surface area contributed by atoms with Crippen LogP contribution >= 0.6 is 11.6 Å². The zero-order valence-corrected chi connectivity index (χ0v) is 18.9. The molecule has 2 aromatic carbocycles. The van der Waals surface area contributed by atoms with Crippen molar-refractivity contribution in [2.75, 3.05) is 32.7 Å². The van der Waals surface area contributed by atoms with Crippen molar-refractivity contribution in [3.8, 4) is 0 Å². The van der Waals surface area contributed by atoms with E-state index in [2.05, 4.69) is 24.4 Å². The molecule has 30 heavy (non-hydrogen) atoms. The van der Waals surface area contributed by atoms with Gasteiger partial charge < -0.3 is 5.32 Å². The van der Waals surface area contributed by atoms with Crippen molar-refractivity contribution in [1.29, 1.82) is 0 Å². The first-order chi connectivity index (χ1) is 14.3. The summed E-state index contributed by atoms with van der Waals surface area (Å²) in [5.41, 5.74) is 1.19. The summed E-state index contributed by atoms with van der Waals surface area (Å²) >= 11 is 5.86. The number of amides is 1. The van der Waals surface area contributed by atoms with Crippen molar-refractivity contribution in [2.45, 2.75) is 30.7 Å². The van der Waals surface area contributed by atoms with Crippen LogP contribution in [-0.4, -0.2) is 62.3 Å². The first-order valence-electron chi connectivity index (χ1n) is 10.1. The molecule has 1 heterocycles. The lowest BCUT2D eigenvalue weighted by molar-refractivity contribution is -0.126. The van der Waals surface area contributed by atoms with E-state index < -0.39 is 10.0 Å². The number of sulfonamides is 1. The number of piperazine rings is 1. The normalized spacial score (nSPS) is 18.0. The van der Waals surface area contributed by atoms with Crippen molar-refractivity contribution < 1.29 is 13.2 Å². The molecule has 0 aliphatic carbocycles. The summed E-state index contributed by atoms with van der Waals surface area (Å²) < 4.78 is 27.1. The molecule has 0 spiro atoms. The molecule has 8 heteroatoms. The number of carbonyl (C=O) groups excluding carboxylic acids is 1. The van der Waals surface area contributed by atoms with Crippen LogP contribution in [0, 0.1) is 0 Å². The third-order valence-corrected chi connectivity index (χ3v) is 7.77. The van der Waals surface area contributed by atoms with Crippen molar-refractivity contribution in [2.24, 2.45) is 0 Å². The van der Waals surface area contributed by atoms with Gasteiger partial charge in [-0.2, -0.15) is 4.31 Å². The number of rotatable bonds is 7. The third-order valence-electron chi connectivity index (χ3n) is 5.60. The van der Waals surface area contributed by atoms with Gasteiger partial charge in [-0.3, -0.25) is 9.69 Å². The first-order valence-corrected chi connectivity index (χ1v) is 11.9. The van der Waals surface area contributed by atoms with Crippen molar-refractivity contribution >= 4 is 27.5 Å². The van der Waals surface area contributed by atoms with E-state index in [1.807, 2.05) is 30.0 Å². The van der Waals surface area contributed by atoms with Crippen LogP contribution in [0.15, 0.2) is 59.5 Å². The van der Waals surface area contributed by atoms with Gasteiger partial charge >= 0.3 is 0 Å². The van der Waals surface area contributed by atoms with E-state index in [4.69, 9.17) is 11.6 Å². The molecule has 1 saturated heterocycles. The Morgan fingerprint density at radius 3 is 2.20 bits per heavy atom. The Morgan fingerprint density at radius 2 is 1.60 bits per heavy atom. The fourth-order valence-corrected chi connectivity index (χ4v) is 5.10. The average Bonchev–Trinajstić information content (AvgIpc) is 2.77. The number of carbonyl (C=O) groups is 1. The largest absolute Gasteiger partial charge is 0.354 e. The van der Waals surface area contributed by atoms with E-state index >= 15 is 0 Å². The Bertz CT molecular complexity index is 943. The number of nitrogens with zero attached hydrogens (tertiary/aromatic N) is 2. The van der Waals surface area contributed by atoms with Gasteiger partial charge in [-0.25, -0.2) is 8.42 Å². The van der Waals surface area contributed by atoms with Crippen molar-refractivity contribution in [1.82, 2.24) is 14.5 Å². The second-order valence-electron chi connectivity index (χ2n) is 7.63. The second-order valence-corrected chi connectivity index (χ2v) is 10.0. The highest BCUT2D eigenvalue weighted by Gasteiger charge is 2.31. The van der Waals surface area contributed by atoms with Crippen LogP contribution in [0.3, 0.4) is 0 Å². The van der Waals surface area contributed by atoms with Gasteiger partial charge in [-0.05, 0) is 42.7 Å². The molecule has 2 atom stereocenters. The van der Waals surface area contributed by atoms with Crippen molar-refractivity contribution in [3.63, 3.8) is 0 Å². The number of nitrogens with one attached hydrogen (secondary N) is 1. The minimum Gasteiger partial charge on any atom is -0.354 e. The van der Waals surface area contributed by atoms with Gasteiger partial charge in [0.2, 0.25) is 15.9 Å². The highest BCUT2D eigenvalue weighted by molar-refractivity contribution is 7.89. The molecule has 0 aromatic heterocycles. The standard InChI is InChI=1S/C22H28ClN3O3S/c1-17(19-6-4-3-5-7-19)16-24-22(27)18(2)25-12-14-26(15-13-25)30(28,29)21-10-8-20(23)9-11-21/h3-11,17-18H,12-16H2,1-2H3,(H,24,27). The molecule has 2 aromatic rings. The lowest BCUT2D eigenvalue weighted by Crippen LogP contribution is -2.55. The van der Waals surface area contributed by atoms with E-state index in [0.29, 0.717) is 37.7 Å². The predicted octanol–water partition coefficient (Wildman–Crippen LogP) is 2.95. The van der Waals surface area contributed by atoms with Crippen LogP contribution in [0.25, 0.3) is 0 Å². The summed E-state index contributed by atoms with van der Waals surface area (Å²) in [7, 11) is -3.55.